The maximum absolute atomic E-state index is 5.66. The van der Waals surface area contributed by atoms with E-state index < -0.39 is 3.79 Å². The van der Waals surface area contributed by atoms with E-state index in [9.17, 15) is 0 Å². The van der Waals surface area contributed by atoms with Crippen LogP contribution in [-0.4, -0.2) is 16.8 Å². The summed E-state index contributed by atoms with van der Waals surface area (Å²) >= 11 is 17.0. The van der Waals surface area contributed by atoms with E-state index in [1.807, 2.05) is 19.1 Å². The summed E-state index contributed by atoms with van der Waals surface area (Å²) in [4.78, 5) is 0. The van der Waals surface area contributed by atoms with Crippen molar-refractivity contribution in [2.75, 3.05) is 6.61 Å². The summed E-state index contributed by atoms with van der Waals surface area (Å²) in [5.41, 5.74) is 0.733. The quantitative estimate of drug-likeness (QED) is 0.785. The fourth-order valence-corrected chi connectivity index (χ4v) is 1.60. The molecular weight excluding hydrogens is 311 g/mol. The maximum Gasteiger partial charge on any atom is 0.268 e. The van der Waals surface area contributed by atoms with E-state index in [1.54, 1.807) is 12.1 Å². The summed E-state index contributed by atoms with van der Waals surface area (Å²) in [6.45, 7) is 2.72. The highest BCUT2D eigenvalue weighted by atomic mass is 35.6. The van der Waals surface area contributed by atoms with Crippen LogP contribution in [0.25, 0.3) is 11.5 Å². The summed E-state index contributed by atoms with van der Waals surface area (Å²) in [6.07, 6.45) is 0.956. The molecule has 102 valence electrons. The lowest BCUT2D eigenvalue weighted by atomic mass is 10.2. The molecule has 19 heavy (non-hydrogen) atoms. The number of hydrogen-bond donors (Lipinski definition) is 0. The average Bonchev–Trinajstić information content (AvgIpc) is 2.86. The predicted octanol–water partition coefficient (Wildman–Crippen LogP) is 4.35. The molecule has 0 N–H and O–H groups in total. The summed E-state index contributed by atoms with van der Waals surface area (Å²) in [5, 5.41) is 7.53. The Labute approximate surface area is 125 Å². The van der Waals surface area contributed by atoms with Crippen molar-refractivity contribution in [3.8, 4) is 17.2 Å². The zero-order valence-corrected chi connectivity index (χ0v) is 12.3. The van der Waals surface area contributed by atoms with Gasteiger partial charge >= 0.3 is 0 Å². The first-order chi connectivity index (χ1) is 9.00. The molecule has 0 spiro atoms. The van der Waals surface area contributed by atoms with Crippen LogP contribution in [0.1, 0.15) is 19.2 Å². The van der Waals surface area contributed by atoms with Gasteiger partial charge in [-0.1, -0.05) is 41.7 Å². The largest absolute Gasteiger partial charge is 0.494 e. The molecule has 2 aromatic rings. The van der Waals surface area contributed by atoms with Gasteiger partial charge in [-0.15, -0.1) is 10.2 Å². The second-order valence-electron chi connectivity index (χ2n) is 3.78. The molecule has 0 fully saturated rings. The minimum absolute atomic E-state index is 0.0567. The second kappa shape index (κ2) is 5.99. The van der Waals surface area contributed by atoms with Gasteiger partial charge in [0.25, 0.3) is 9.68 Å². The highest BCUT2D eigenvalue weighted by molar-refractivity contribution is 6.66. The van der Waals surface area contributed by atoms with Crippen molar-refractivity contribution in [3.05, 3.63) is 30.2 Å². The van der Waals surface area contributed by atoms with Gasteiger partial charge in [0.2, 0.25) is 5.89 Å². The number of benzene rings is 1. The van der Waals surface area contributed by atoms with Gasteiger partial charge in [-0.3, -0.25) is 0 Å². The molecule has 0 amide bonds. The molecule has 4 nitrogen and oxygen atoms in total. The molecule has 0 aliphatic rings. The van der Waals surface area contributed by atoms with E-state index in [1.165, 1.54) is 0 Å². The first kappa shape index (κ1) is 14.4. The van der Waals surface area contributed by atoms with E-state index in [-0.39, 0.29) is 5.89 Å². The van der Waals surface area contributed by atoms with Gasteiger partial charge in [-0.05, 0) is 30.7 Å². The number of rotatable bonds is 4. The van der Waals surface area contributed by atoms with Crippen molar-refractivity contribution in [1.82, 2.24) is 10.2 Å². The minimum Gasteiger partial charge on any atom is -0.494 e. The summed E-state index contributed by atoms with van der Waals surface area (Å²) in [6, 6.07) is 7.26. The van der Waals surface area contributed by atoms with Crippen LogP contribution in [0, 0.1) is 0 Å². The van der Waals surface area contributed by atoms with Crippen molar-refractivity contribution < 1.29 is 9.15 Å². The lowest BCUT2D eigenvalue weighted by Gasteiger charge is -2.04. The molecule has 0 aliphatic carbocycles. The first-order valence-electron chi connectivity index (χ1n) is 5.64. The average molecular weight is 322 g/mol. The van der Waals surface area contributed by atoms with Gasteiger partial charge in [-0.2, -0.15) is 0 Å². The SMILES string of the molecule is CCCOc1ccc(-c2nnc(C(Cl)(Cl)Cl)o2)cc1. The minimum atomic E-state index is -1.71. The van der Waals surface area contributed by atoms with Crippen molar-refractivity contribution >= 4 is 34.8 Å². The van der Waals surface area contributed by atoms with E-state index >= 15 is 0 Å². The molecule has 0 bridgehead atoms. The molecule has 0 saturated carbocycles. The van der Waals surface area contributed by atoms with E-state index in [2.05, 4.69) is 10.2 Å². The normalized spacial score (nSPS) is 11.6. The standard InChI is InChI=1S/C12H11Cl3N2O2/c1-2-7-18-9-5-3-8(4-6-9)10-16-17-11(19-10)12(13,14)15/h3-6H,2,7H2,1H3. The molecule has 1 aromatic heterocycles. The highest BCUT2D eigenvalue weighted by Gasteiger charge is 2.30. The van der Waals surface area contributed by atoms with E-state index in [0.717, 1.165) is 17.7 Å². The lowest BCUT2D eigenvalue weighted by molar-refractivity contribution is 0.317. The third kappa shape index (κ3) is 3.75. The summed E-state index contributed by atoms with van der Waals surface area (Å²) in [5.74, 6) is 1.02. The second-order valence-corrected chi connectivity index (χ2v) is 6.06. The molecular formula is C12H11Cl3N2O2. The first-order valence-corrected chi connectivity index (χ1v) is 6.78. The Balaban J connectivity index is 2.16. The van der Waals surface area contributed by atoms with E-state index in [0.29, 0.717) is 12.5 Å². The van der Waals surface area contributed by atoms with Crippen LogP contribution < -0.4 is 4.74 Å². The molecule has 1 heterocycles. The van der Waals surface area contributed by atoms with Crippen molar-refractivity contribution in [1.29, 1.82) is 0 Å². The Bertz CT molecular complexity index is 535. The third-order valence-electron chi connectivity index (χ3n) is 2.24. The van der Waals surface area contributed by atoms with Crippen LogP contribution in [0.2, 0.25) is 0 Å². The summed E-state index contributed by atoms with van der Waals surface area (Å²) in [7, 11) is 0. The summed E-state index contributed by atoms with van der Waals surface area (Å²) < 4.78 is 9.06. The van der Waals surface area contributed by atoms with Gasteiger partial charge in [0, 0.05) is 5.56 Å². The molecule has 2 rings (SSSR count). The van der Waals surface area contributed by atoms with Gasteiger partial charge in [-0.25, -0.2) is 0 Å². The topological polar surface area (TPSA) is 48.2 Å². The van der Waals surface area contributed by atoms with Gasteiger partial charge in [0.05, 0.1) is 6.61 Å². The molecule has 0 aliphatic heterocycles. The van der Waals surface area contributed by atoms with Crippen molar-refractivity contribution in [2.45, 2.75) is 17.1 Å². The van der Waals surface area contributed by atoms with Crippen molar-refractivity contribution in [2.24, 2.45) is 0 Å². The monoisotopic (exact) mass is 320 g/mol. The number of alkyl halides is 3. The van der Waals surface area contributed by atoms with Crippen LogP contribution in [0.15, 0.2) is 28.7 Å². The highest BCUT2D eigenvalue weighted by Crippen LogP contribution is 2.38. The maximum atomic E-state index is 5.66. The molecule has 0 saturated heterocycles. The Morgan fingerprint density at radius 2 is 1.84 bits per heavy atom. The smallest absolute Gasteiger partial charge is 0.268 e. The number of nitrogens with zero attached hydrogens (tertiary/aromatic N) is 2. The third-order valence-corrected chi connectivity index (χ3v) is 2.73. The Morgan fingerprint density at radius 3 is 2.37 bits per heavy atom. The van der Waals surface area contributed by atoms with Crippen LogP contribution in [0.3, 0.4) is 0 Å². The number of hydrogen-bond acceptors (Lipinski definition) is 4. The Hall–Kier alpha value is -0.970. The fourth-order valence-electron chi connectivity index (χ4n) is 1.37. The fraction of sp³-hybridized carbons (Fsp3) is 0.333. The number of aromatic nitrogens is 2. The molecule has 7 heteroatoms. The van der Waals surface area contributed by atoms with Gasteiger partial charge in [0.15, 0.2) is 0 Å². The molecule has 0 unspecified atom stereocenters. The number of halogens is 3. The van der Waals surface area contributed by atoms with Crippen LogP contribution in [0.4, 0.5) is 0 Å². The number of ether oxygens (including phenoxy) is 1. The van der Waals surface area contributed by atoms with Gasteiger partial charge < -0.3 is 9.15 Å². The zero-order valence-electron chi connectivity index (χ0n) is 10.1. The zero-order chi connectivity index (χ0) is 13.9. The molecule has 0 atom stereocenters. The molecule has 1 aromatic carbocycles. The van der Waals surface area contributed by atoms with Crippen molar-refractivity contribution in [3.63, 3.8) is 0 Å². The van der Waals surface area contributed by atoms with E-state index in [4.69, 9.17) is 44.0 Å². The van der Waals surface area contributed by atoms with Gasteiger partial charge in [0.1, 0.15) is 5.75 Å². The predicted molar refractivity (Wildman–Crippen MR) is 74.8 cm³/mol. The molecule has 0 radical (unpaired) electrons. The van der Waals surface area contributed by atoms with Crippen LogP contribution >= 0.6 is 34.8 Å². The van der Waals surface area contributed by atoms with Crippen LogP contribution in [0.5, 0.6) is 5.75 Å². The van der Waals surface area contributed by atoms with Crippen LogP contribution in [-0.2, 0) is 3.79 Å². The Kier molecular flexibility index (Phi) is 4.55. The lowest BCUT2D eigenvalue weighted by Crippen LogP contribution is -1.99. The Morgan fingerprint density at radius 1 is 1.16 bits per heavy atom.